The van der Waals surface area contributed by atoms with E-state index in [-0.39, 0.29) is 30.6 Å². The average molecular weight is 414 g/mol. The largest absolute Gasteiger partial charge is 0.465 e. The molecule has 2 unspecified atom stereocenters. The Morgan fingerprint density at radius 3 is 2.33 bits per heavy atom. The minimum Gasteiger partial charge on any atom is -0.465 e. The summed E-state index contributed by atoms with van der Waals surface area (Å²) in [6.45, 7) is 10.8. The van der Waals surface area contributed by atoms with E-state index in [9.17, 15) is 4.79 Å². The van der Waals surface area contributed by atoms with Crippen molar-refractivity contribution in [2.75, 3.05) is 13.2 Å². The van der Waals surface area contributed by atoms with Crippen LogP contribution in [0, 0.1) is 5.92 Å². The SMILES string of the molecule is CC(C)CC(c1cccc(OC(C)OCCOC(=O)c2ccccc2)c1)C(C)(C)N. The molecule has 0 radical (unpaired) electrons. The molecule has 2 rings (SSSR count). The van der Waals surface area contributed by atoms with Gasteiger partial charge in [-0.1, -0.05) is 44.2 Å². The maximum atomic E-state index is 11.9. The fourth-order valence-corrected chi connectivity index (χ4v) is 3.38. The van der Waals surface area contributed by atoms with Crippen LogP contribution in [0.4, 0.5) is 0 Å². The maximum Gasteiger partial charge on any atom is 0.338 e. The molecule has 2 atom stereocenters. The molecule has 0 aliphatic rings. The van der Waals surface area contributed by atoms with Gasteiger partial charge in [0.05, 0.1) is 12.2 Å². The van der Waals surface area contributed by atoms with E-state index in [4.69, 9.17) is 19.9 Å². The molecule has 0 saturated carbocycles. The van der Waals surface area contributed by atoms with Gasteiger partial charge >= 0.3 is 5.97 Å². The average Bonchev–Trinajstić information content (AvgIpc) is 2.69. The molecule has 5 nitrogen and oxygen atoms in total. The monoisotopic (exact) mass is 413 g/mol. The standard InChI is InChI=1S/C25H35NO4/c1-18(2)16-23(25(4,5)26)21-12-9-13-22(17-21)30-19(3)28-14-15-29-24(27)20-10-7-6-8-11-20/h6-13,17-19,23H,14-16,26H2,1-5H3. The van der Waals surface area contributed by atoms with Crippen molar-refractivity contribution in [3.63, 3.8) is 0 Å². The third-order valence-electron chi connectivity index (χ3n) is 4.85. The van der Waals surface area contributed by atoms with E-state index >= 15 is 0 Å². The molecule has 0 saturated heterocycles. The van der Waals surface area contributed by atoms with Gasteiger partial charge in [-0.2, -0.15) is 0 Å². The summed E-state index contributed by atoms with van der Waals surface area (Å²) in [5.74, 6) is 1.15. The number of nitrogens with two attached hydrogens (primary N) is 1. The second-order valence-electron chi connectivity index (χ2n) is 8.63. The normalized spacial score (nSPS) is 13.7. The minimum absolute atomic E-state index is 0.166. The van der Waals surface area contributed by atoms with Gasteiger partial charge in [-0.25, -0.2) is 4.79 Å². The second-order valence-corrected chi connectivity index (χ2v) is 8.63. The van der Waals surface area contributed by atoms with Crippen molar-refractivity contribution >= 4 is 5.97 Å². The van der Waals surface area contributed by atoms with Gasteiger partial charge in [0.2, 0.25) is 0 Å². The van der Waals surface area contributed by atoms with E-state index in [1.807, 2.05) is 31.2 Å². The van der Waals surface area contributed by atoms with Crippen LogP contribution in [0.25, 0.3) is 0 Å². The van der Waals surface area contributed by atoms with Gasteiger partial charge in [0, 0.05) is 11.5 Å². The zero-order valence-electron chi connectivity index (χ0n) is 18.8. The zero-order valence-corrected chi connectivity index (χ0v) is 18.8. The third-order valence-corrected chi connectivity index (χ3v) is 4.85. The maximum absolute atomic E-state index is 11.9. The molecule has 0 aliphatic heterocycles. The van der Waals surface area contributed by atoms with Crippen molar-refractivity contribution < 1.29 is 19.0 Å². The number of benzene rings is 2. The predicted molar refractivity (Wildman–Crippen MR) is 120 cm³/mol. The second kappa shape index (κ2) is 11.1. The van der Waals surface area contributed by atoms with E-state index < -0.39 is 6.29 Å². The zero-order chi connectivity index (χ0) is 22.1. The first-order valence-electron chi connectivity index (χ1n) is 10.6. The molecule has 0 spiro atoms. The lowest BCUT2D eigenvalue weighted by Gasteiger charge is -2.32. The van der Waals surface area contributed by atoms with Gasteiger partial charge in [0.15, 0.2) is 6.29 Å². The topological polar surface area (TPSA) is 70.8 Å². The molecular weight excluding hydrogens is 378 g/mol. The summed E-state index contributed by atoms with van der Waals surface area (Å²) in [5, 5.41) is 0. The van der Waals surface area contributed by atoms with Crippen LogP contribution in [0.2, 0.25) is 0 Å². The third kappa shape index (κ3) is 7.81. The van der Waals surface area contributed by atoms with Crippen LogP contribution in [0.15, 0.2) is 54.6 Å². The number of carbonyl (C=O) groups excluding carboxylic acids is 1. The van der Waals surface area contributed by atoms with E-state index in [2.05, 4.69) is 33.8 Å². The molecule has 0 heterocycles. The van der Waals surface area contributed by atoms with Crippen LogP contribution in [0.5, 0.6) is 5.75 Å². The highest BCUT2D eigenvalue weighted by atomic mass is 16.7. The Kier molecular flexibility index (Phi) is 8.88. The molecule has 0 aromatic heterocycles. The molecule has 0 aliphatic carbocycles. The fraction of sp³-hybridized carbons (Fsp3) is 0.480. The molecule has 5 heteroatoms. The highest BCUT2D eigenvalue weighted by Gasteiger charge is 2.27. The Morgan fingerprint density at radius 2 is 1.70 bits per heavy atom. The van der Waals surface area contributed by atoms with Crippen LogP contribution >= 0.6 is 0 Å². The van der Waals surface area contributed by atoms with Crippen LogP contribution in [0.3, 0.4) is 0 Å². The lowest BCUT2D eigenvalue weighted by atomic mass is 9.77. The molecule has 2 aromatic carbocycles. The fourth-order valence-electron chi connectivity index (χ4n) is 3.38. The van der Waals surface area contributed by atoms with Crippen molar-refractivity contribution in [3.05, 3.63) is 65.7 Å². The summed E-state index contributed by atoms with van der Waals surface area (Å²) in [6.07, 6.45) is 0.538. The van der Waals surface area contributed by atoms with Gasteiger partial charge < -0.3 is 19.9 Å². The van der Waals surface area contributed by atoms with Crippen LogP contribution in [-0.2, 0) is 9.47 Å². The Bertz CT molecular complexity index is 783. The summed E-state index contributed by atoms with van der Waals surface area (Å²) < 4.78 is 16.8. The summed E-state index contributed by atoms with van der Waals surface area (Å²) in [6, 6.07) is 16.9. The molecule has 30 heavy (non-hydrogen) atoms. The van der Waals surface area contributed by atoms with Gasteiger partial charge in [0.25, 0.3) is 0 Å². The Hall–Kier alpha value is -2.37. The highest BCUT2D eigenvalue weighted by molar-refractivity contribution is 5.89. The first kappa shape index (κ1) is 23.9. The summed E-state index contributed by atoms with van der Waals surface area (Å²) in [7, 11) is 0. The number of carbonyl (C=O) groups is 1. The summed E-state index contributed by atoms with van der Waals surface area (Å²) >= 11 is 0. The van der Waals surface area contributed by atoms with Crippen LogP contribution < -0.4 is 10.5 Å². The van der Waals surface area contributed by atoms with E-state index in [1.54, 1.807) is 24.3 Å². The molecule has 2 aromatic rings. The summed E-state index contributed by atoms with van der Waals surface area (Å²) in [4.78, 5) is 11.9. The van der Waals surface area contributed by atoms with Gasteiger partial charge in [0.1, 0.15) is 12.4 Å². The van der Waals surface area contributed by atoms with Gasteiger partial charge in [-0.05, 0) is 62.9 Å². The number of hydrogen-bond donors (Lipinski definition) is 1. The van der Waals surface area contributed by atoms with Crippen LogP contribution in [-0.4, -0.2) is 31.0 Å². The molecule has 0 fully saturated rings. The first-order valence-corrected chi connectivity index (χ1v) is 10.6. The van der Waals surface area contributed by atoms with E-state index in [0.717, 1.165) is 17.7 Å². The highest BCUT2D eigenvalue weighted by Crippen LogP contribution is 2.34. The number of esters is 1. The first-order chi connectivity index (χ1) is 14.2. The summed E-state index contributed by atoms with van der Waals surface area (Å²) in [5.41, 5.74) is 7.82. The molecule has 2 N–H and O–H groups in total. The molecule has 0 amide bonds. The predicted octanol–water partition coefficient (Wildman–Crippen LogP) is 5.15. The van der Waals surface area contributed by atoms with Crippen molar-refractivity contribution in [2.45, 2.75) is 58.8 Å². The Balaban J connectivity index is 1.85. The Labute approximate surface area is 180 Å². The van der Waals surface area contributed by atoms with Crippen LogP contribution in [0.1, 0.15) is 62.9 Å². The Morgan fingerprint density at radius 1 is 1.00 bits per heavy atom. The van der Waals surface area contributed by atoms with Crippen molar-refractivity contribution in [1.82, 2.24) is 0 Å². The number of ether oxygens (including phenoxy) is 3. The molecule has 0 bridgehead atoms. The number of rotatable bonds is 11. The number of hydrogen-bond acceptors (Lipinski definition) is 5. The lowest BCUT2D eigenvalue weighted by Crippen LogP contribution is -2.40. The quantitative estimate of drug-likeness (QED) is 0.313. The molecule has 164 valence electrons. The minimum atomic E-state index is -0.467. The van der Waals surface area contributed by atoms with E-state index in [1.165, 1.54) is 0 Å². The molecular formula is C25H35NO4. The van der Waals surface area contributed by atoms with Gasteiger partial charge in [-0.3, -0.25) is 0 Å². The van der Waals surface area contributed by atoms with Gasteiger partial charge in [-0.15, -0.1) is 0 Å². The van der Waals surface area contributed by atoms with Crippen molar-refractivity contribution in [1.29, 1.82) is 0 Å². The van der Waals surface area contributed by atoms with Crippen molar-refractivity contribution in [2.24, 2.45) is 11.7 Å². The van der Waals surface area contributed by atoms with E-state index in [0.29, 0.717) is 11.5 Å². The van der Waals surface area contributed by atoms with Crippen molar-refractivity contribution in [3.8, 4) is 5.75 Å². The smallest absolute Gasteiger partial charge is 0.338 e. The lowest BCUT2D eigenvalue weighted by molar-refractivity contribution is -0.0784.